The molecule has 0 aliphatic heterocycles. The molecule has 22 heavy (non-hydrogen) atoms. The molecular weight excluding hydrogens is 344 g/mol. The molecule has 1 aromatic heterocycles. The molecule has 1 heterocycles. The van der Waals surface area contributed by atoms with Crippen molar-refractivity contribution in [1.29, 1.82) is 5.26 Å². The molecule has 0 spiro atoms. The van der Waals surface area contributed by atoms with E-state index >= 15 is 0 Å². The van der Waals surface area contributed by atoms with Gasteiger partial charge in [-0.1, -0.05) is 34.1 Å². The summed E-state index contributed by atoms with van der Waals surface area (Å²) in [6, 6.07) is 16.6. The first-order chi connectivity index (χ1) is 10.6. The van der Waals surface area contributed by atoms with Crippen molar-refractivity contribution in [3.05, 3.63) is 69.8 Å². The van der Waals surface area contributed by atoms with Crippen LogP contribution in [0.4, 0.5) is 0 Å². The van der Waals surface area contributed by atoms with Crippen LogP contribution in [0, 0.1) is 11.3 Å². The molecule has 0 unspecified atom stereocenters. The van der Waals surface area contributed by atoms with Crippen LogP contribution in [-0.4, -0.2) is 15.6 Å². The van der Waals surface area contributed by atoms with Gasteiger partial charge in [0.2, 0.25) is 0 Å². The van der Waals surface area contributed by atoms with E-state index < -0.39 is 5.97 Å². The molecule has 1 N–H and O–H groups in total. The lowest BCUT2D eigenvalue weighted by Gasteiger charge is -2.10. The van der Waals surface area contributed by atoms with Gasteiger partial charge < -0.3 is 9.67 Å². The molecule has 3 rings (SSSR count). The summed E-state index contributed by atoms with van der Waals surface area (Å²) >= 11 is 3.49. The minimum absolute atomic E-state index is 0.209. The molecule has 0 aliphatic rings. The lowest BCUT2D eigenvalue weighted by Crippen LogP contribution is -2.09. The quantitative estimate of drug-likeness (QED) is 0.772. The molecular formula is C17H11BrN2O2. The first kappa shape index (κ1) is 14.4. The molecule has 5 heteroatoms. The van der Waals surface area contributed by atoms with E-state index in [0.29, 0.717) is 12.1 Å². The number of hydrogen-bond acceptors (Lipinski definition) is 2. The van der Waals surface area contributed by atoms with E-state index in [9.17, 15) is 9.90 Å². The van der Waals surface area contributed by atoms with Crippen molar-refractivity contribution in [2.45, 2.75) is 6.54 Å². The number of aromatic carboxylic acids is 1. The highest BCUT2D eigenvalue weighted by Crippen LogP contribution is 2.25. The van der Waals surface area contributed by atoms with Crippen molar-refractivity contribution in [2.24, 2.45) is 0 Å². The third kappa shape index (κ3) is 2.49. The van der Waals surface area contributed by atoms with Crippen LogP contribution in [0.15, 0.2) is 53.0 Å². The summed E-state index contributed by atoms with van der Waals surface area (Å²) < 4.78 is 2.68. The van der Waals surface area contributed by atoms with E-state index in [4.69, 9.17) is 5.26 Å². The minimum atomic E-state index is -0.984. The van der Waals surface area contributed by atoms with Crippen LogP contribution >= 0.6 is 15.9 Å². The van der Waals surface area contributed by atoms with Crippen LogP contribution in [0.1, 0.15) is 21.6 Å². The predicted octanol–water partition coefficient (Wildman–Crippen LogP) is 4.02. The number of benzene rings is 2. The number of carboxylic acids is 1. The summed E-state index contributed by atoms with van der Waals surface area (Å²) in [5, 5.41) is 19.2. The highest BCUT2D eigenvalue weighted by molar-refractivity contribution is 9.10. The second kappa shape index (κ2) is 5.66. The topological polar surface area (TPSA) is 66.0 Å². The van der Waals surface area contributed by atoms with Gasteiger partial charge in [-0.25, -0.2) is 4.79 Å². The molecule has 0 saturated carbocycles. The van der Waals surface area contributed by atoms with E-state index in [1.54, 1.807) is 28.8 Å². The average molecular weight is 355 g/mol. The fraction of sp³-hybridized carbons (Fsp3) is 0.0588. The van der Waals surface area contributed by atoms with Crippen LogP contribution in [-0.2, 0) is 6.54 Å². The van der Waals surface area contributed by atoms with Gasteiger partial charge >= 0.3 is 5.97 Å². The summed E-state index contributed by atoms with van der Waals surface area (Å²) in [6.07, 6.45) is 0. The summed E-state index contributed by atoms with van der Waals surface area (Å²) in [5.41, 5.74) is 2.52. The first-order valence-corrected chi connectivity index (χ1v) is 7.39. The maximum atomic E-state index is 11.5. The van der Waals surface area contributed by atoms with Gasteiger partial charge in [-0.15, -0.1) is 0 Å². The van der Waals surface area contributed by atoms with Crippen LogP contribution in [0.3, 0.4) is 0 Å². The van der Waals surface area contributed by atoms with Crippen molar-refractivity contribution in [1.82, 2.24) is 4.57 Å². The molecule has 0 saturated heterocycles. The van der Waals surface area contributed by atoms with E-state index in [-0.39, 0.29) is 5.69 Å². The largest absolute Gasteiger partial charge is 0.477 e. The SMILES string of the molecule is N#Cc1ccc2c(c1)cc(C(=O)O)n2Cc1ccccc1Br. The number of carbonyl (C=O) groups is 1. The number of nitrogens with zero attached hydrogens (tertiary/aromatic N) is 2. The smallest absolute Gasteiger partial charge is 0.352 e. The third-order valence-electron chi connectivity index (χ3n) is 3.54. The molecule has 108 valence electrons. The molecule has 3 aromatic rings. The minimum Gasteiger partial charge on any atom is -0.477 e. The molecule has 0 amide bonds. The zero-order chi connectivity index (χ0) is 15.7. The van der Waals surface area contributed by atoms with E-state index in [1.165, 1.54) is 0 Å². The molecule has 0 aliphatic carbocycles. The Labute approximate surface area is 135 Å². The van der Waals surface area contributed by atoms with Gasteiger partial charge in [0.15, 0.2) is 0 Å². The van der Waals surface area contributed by atoms with Crippen molar-refractivity contribution < 1.29 is 9.90 Å². The van der Waals surface area contributed by atoms with Gasteiger partial charge in [0, 0.05) is 21.9 Å². The highest BCUT2D eigenvalue weighted by Gasteiger charge is 2.16. The van der Waals surface area contributed by atoms with E-state index in [1.807, 2.05) is 24.3 Å². The Hall–Kier alpha value is -2.58. The summed E-state index contributed by atoms with van der Waals surface area (Å²) in [7, 11) is 0. The highest BCUT2D eigenvalue weighted by atomic mass is 79.9. The molecule has 0 bridgehead atoms. The number of fused-ring (bicyclic) bond motifs is 1. The van der Waals surface area contributed by atoms with Crippen LogP contribution < -0.4 is 0 Å². The molecule has 4 nitrogen and oxygen atoms in total. The summed E-state index contributed by atoms with van der Waals surface area (Å²) in [5.74, 6) is -0.984. The fourth-order valence-electron chi connectivity index (χ4n) is 2.48. The lowest BCUT2D eigenvalue weighted by molar-refractivity contribution is 0.0686. The van der Waals surface area contributed by atoms with Crippen molar-refractivity contribution in [3.8, 4) is 6.07 Å². The van der Waals surface area contributed by atoms with E-state index in [2.05, 4.69) is 22.0 Å². The van der Waals surface area contributed by atoms with Gasteiger partial charge in [-0.05, 0) is 35.9 Å². The van der Waals surface area contributed by atoms with Gasteiger partial charge in [-0.2, -0.15) is 5.26 Å². The zero-order valence-corrected chi connectivity index (χ0v) is 13.0. The van der Waals surface area contributed by atoms with Crippen LogP contribution in [0.2, 0.25) is 0 Å². The van der Waals surface area contributed by atoms with Crippen LogP contribution in [0.25, 0.3) is 10.9 Å². The number of rotatable bonds is 3. The third-order valence-corrected chi connectivity index (χ3v) is 4.31. The number of hydrogen-bond donors (Lipinski definition) is 1. The Morgan fingerprint density at radius 1 is 1.23 bits per heavy atom. The number of nitriles is 1. The van der Waals surface area contributed by atoms with Crippen molar-refractivity contribution >= 4 is 32.8 Å². The Morgan fingerprint density at radius 2 is 2.00 bits per heavy atom. The Balaban J connectivity index is 2.19. The standard InChI is InChI=1S/C17H11BrN2O2/c18-14-4-2-1-3-12(14)10-20-15-6-5-11(9-19)7-13(15)8-16(20)17(21)22/h1-8H,10H2,(H,21,22). The van der Waals surface area contributed by atoms with Crippen LogP contribution in [0.5, 0.6) is 0 Å². The van der Waals surface area contributed by atoms with Gasteiger partial charge in [0.05, 0.1) is 11.6 Å². The Kier molecular flexibility index (Phi) is 3.70. The number of halogens is 1. The number of aromatic nitrogens is 1. The van der Waals surface area contributed by atoms with Gasteiger partial charge in [-0.3, -0.25) is 0 Å². The maximum Gasteiger partial charge on any atom is 0.352 e. The van der Waals surface area contributed by atoms with Crippen molar-refractivity contribution in [3.63, 3.8) is 0 Å². The Morgan fingerprint density at radius 3 is 2.68 bits per heavy atom. The maximum absolute atomic E-state index is 11.5. The fourth-order valence-corrected chi connectivity index (χ4v) is 2.90. The molecule has 0 atom stereocenters. The van der Waals surface area contributed by atoms with E-state index in [0.717, 1.165) is 20.9 Å². The summed E-state index contributed by atoms with van der Waals surface area (Å²) in [6.45, 7) is 0.443. The molecule has 2 aromatic carbocycles. The normalized spacial score (nSPS) is 10.5. The second-order valence-electron chi connectivity index (χ2n) is 4.90. The predicted molar refractivity (Wildman–Crippen MR) is 86.9 cm³/mol. The number of carboxylic acid groups (broad SMARTS) is 1. The monoisotopic (exact) mass is 354 g/mol. The molecule has 0 radical (unpaired) electrons. The second-order valence-corrected chi connectivity index (χ2v) is 5.75. The van der Waals surface area contributed by atoms with Crippen molar-refractivity contribution in [2.75, 3.05) is 0 Å². The lowest BCUT2D eigenvalue weighted by atomic mass is 10.2. The zero-order valence-electron chi connectivity index (χ0n) is 11.5. The molecule has 0 fully saturated rings. The van der Waals surface area contributed by atoms with Gasteiger partial charge in [0.1, 0.15) is 5.69 Å². The first-order valence-electron chi connectivity index (χ1n) is 6.60. The Bertz CT molecular complexity index is 922. The van der Waals surface area contributed by atoms with Gasteiger partial charge in [0.25, 0.3) is 0 Å². The average Bonchev–Trinajstić information content (AvgIpc) is 2.87. The summed E-state index contributed by atoms with van der Waals surface area (Å²) in [4.78, 5) is 11.5.